The predicted octanol–water partition coefficient (Wildman–Crippen LogP) is 6.22. The van der Waals surface area contributed by atoms with E-state index in [0.717, 1.165) is 11.3 Å². The molecule has 2 rings (SSSR count). The lowest BCUT2D eigenvalue weighted by Crippen LogP contribution is -2.20. The van der Waals surface area contributed by atoms with Crippen molar-refractivity contribution in [2.45, 2.75) is 83.6 Å². The van der Waals surface area contributed by atoms with Crippen molar-refractivity contribution in [3.8, 4) is 0 Å². The molecule has 1 aliphatic rings. The van der Waals surface area contributed by atoms with Gasteiger partial charge in [-0.1, -0.05) is 63.9 Å². The third-order valence-electron chi connectivity index (χ3n) is 4.73. The quantitative estimate of drug-likeness (QED) is 0.682. The van der Waals surface area contributed by atoms with Crippen LogP contribution in [0.1, 0.15) is 76.2 Å². The van der Waals surface area contributed by atoms with Gasteiger partial charge in [-0.25, -0.2) is 4.39 Å². The molecule has 0 unspecified atom stereocenters. The van der Waals surface area contributed by atoms with Crippen LogP contribution in [0.4, 0.5) is 10.1 Å². The Morgan fingerprint density at radius 2 is 1.38 bits per heavy atom. The Labute approximate surface area is 129 Å². The van der Waals surface area contributed by atoms with E-state index in [1.54, 1.807) is 12.1 Å². The zero-order valence-electron chi connectivity index (χ0n) is 13.5. The molecule has 21 heavy (non-hydrogen) atoms. The van der Waals surface area contributed by atoms with Crippen molar-refractivity contribution in [2.24, 2.45) is 0 Å². The number of hydrogen-bond acceptors (Lipinski definition) is 1. The van der Waals surface area contributed by atoms with Crippen LogP contribution in [0.15, 0.2) is 18.2 Å². The molecule has 1 aromatic rings. The summed E-state index contributed by atoms with van der Waals surface area (Å²) in [7, 11) is 0. The molecule has 0 aromatic heterocycles. The summed E-state index contributed by atoms with van der Waals surface area (Å²) in [4.78, 5) is 0. The van der Waals surface area contributed by atoms with E-state index < -0.39 is 0 Å². The Kier molecular flexibility index (Phi) is 7.05. The molecule has 2 heteroatoms. The van der Waals surface area contributed by atoms with Crippen molar-refractivity contribution in [3.63, 3.8) is 0 Å². The van der Waals surface area contributed by atoms with E-state index in [0.29, 0.717) is 6.04 Å². The first-order valence-electron chi connectivity index (χ1n) is 8.79. The summed E-state index contributed by atoms with van der Waals surface area (Å²) < 4.78 is 13.7. The molecule has 0 saturated heterocycles. The summed E-state index contributed by atoms with van der Waals surface area (Å²) in [5, 5.41) is 3.60. The molecule has 0 radical (unpaired) electrons. The van der Waals surface area contributed by atoms with E-state index in [4.69, 9.17) is 0 Å². The number of benzene rings is 1. The van der Waals surface area contributed by atoms with E-state index in [-0.39, 0.29) is 5.82 Å². The van der Waals surface area contributed by atoms with Crippen molar-refractivity contribution in [1.29, 1.82) is 0 Å². The standard InChI is InChI=1S/C19H30FN/c1-16-18(20)14-11-15-19(16)21-17-12-9-7-5-3-2-4-6-8-10-13-17/h11,14-15,17,21H,2-10,12-13H2,1H3. The van der Waals surface area contributed by atoms with Crippen LogP contribution in [0.5, 0.6) is 0 Å². The highest BCUT2D eigenvalue weighted by Gasteiger charge is 2.11. The molecule has 1 saturated carbocycles. The number of hydrogen-bond donors (Lipinski definition) is 1. The van der Waals surface area contributed by atoms with Crippen molar-refractivity contribution < 1.29 is 4.39 Å². The molecule has 0 heterocycles. The van der Waals surface area contributed by atoms with Gasteiger partial charge in [0, 0.05) is 17.3 Å². The topological polar surface area (TPSA) is 12.0 Å². The molecule has 0 bridgehead atoms. The lowest BCUT2D eigenvalue weighted by Gasteiger charge is -2.22. The van der Waals surface area contributed by atoms with Gasteiger partial charge in [-0.3, -0.25) is 0 Å². The minimum atomic E-state index is -0.104. The Morgan fingerprint density at radius 3 is 1.95 bits per heavy atom. The maximum absolute atomic E-state index is 13.7. The highest BCUT2D eigenvalue weighted by atomic mass is 19.1. The molecule has 1 aliphatic carbocycles. The molecule has 0 amide bonds. The maximum atomic E-state index is 13.7. The van der Waals surface area contributed by atoms with Crippen LogP contribution in [0.25, 0.3) is 0 Å². The second-order valence-corrected chi connectivity index (χ2v) is 6.51. The molecule has 0 aliphatic heterocycles. The highest BCUT2D eigenvalue weighted by molar-refractivity contribution is 5.51. The van der Waals surface area contributed by atoms with E-state index in [9.17, 15) is 4.39 Å². The number of rotatable bonds is 2. The average Bonchev–Trinajstić information content (AvgIpc) is 2.46. The van der Waals surface area contributed by atoms with Gasteiger partial charge < -0.3 is 5.32 Å². The Balaban J connectivity index is 1.92. The summed E-state index contributed by atoms with van der Waals surface area (Å²) in [5.74, 6) is -0.104. The number of anilines is 1. The maximum Gasteiger partial charge on any atom is 0.128 e. The Bertz CT molecular complexity index is 404. The minimum Gasteiger partial charge on any atom is -0.382 e. The van der Waals surface area contributed by atoms with Gasteiger partial charge >= 0.3 is 0 Å². The largest absolute Gasteiger partial charge is 0.382 e. The highest BCUT2D eigenvalue weighted by Crippen LogP contribution is 2.23. The first kappa shape index (κ1) is 16.3. The van der Waals surface area contributed by atoms with Crippen molar-refractivity contribution >= 4 is 5.69 Å². The second-order valence-electron chi connectivity index (χ2n) is 6.51. The van der Waals surface area contributed by atoms with Gasteiger partial charge in [0.05, 0.1) is 0 Å². The van der Waals surface area contributed by atoms with Crippen LogP contribution in [-0.4, -0.2) is 6.04 Å². The van der Waals surface area contributed by atoms with Gasteiger partial charge in [-0.15, -0.1) is 0 Å². The molecule has 118 valence electrons. The Morgan fingerprint density at radius 1 is 0.857 bits per heavy atom. The molecular weight excluding hydrogens is 261 g/mol. The molecule has 0 atom stereocenters. The summed E-state index contributed by atoms with van der Waals surface area (Å²) in [5.41, 5.74) is 1.73. The zero-order chi connectivity index (χ0) is 14.9. The van der Waals surface area contributed by atoms with Crippen LogP contribution in [0.2, 0.25) is 0 Å². The smallest absolute Gasteiger partial charge is 0.128 e. The summed E-state index contributed by atoms with van der Waals surface area (Å²) in [6.07, 6.45) is 14.7. The lowest BCUT2D eigenvalue weighted by molar-refractivity contribution is 0.480. The van der Waals surface area contributed by atoms with Crippen LogP contribution in [0, 0.1) is 12.7 Å². The zero-order valence-corrected chi connectivity index (χ0v) is 13.5. The minimum absolute atomic E-state index is 0.104. The fraction of sp³-hybridized carbons (Fsp3) is 0.684. The second kappa shape index (κ2) is 9.07. The molecule has 1 fully saturated rings. The summed E-state index contributed by atoms with van der Waals surface area (Å²) >= 11 is 0. The van der Waals surface area contributed by atoms with Crippen molar-refractivity contribution in [2.75, 3.05) is 5.32 Å². The fourth-order valence-corrected chi connectivity index (χ4v) is 3.29. The number of nitrogens with one attached hydrogen (secondary N) is 1. The number of halogens is 1. The van der Waals surface area contributed by atoms with Gasteiger partial charge in [0.25, 0.3) is 0 Å². The van der Waals surface area contributed by atoms with E-state index >= 15 is 0 Å². The SMILES string of the molecule is Cc1c(F)cccc1NC1CCCCCCCCCCC1. The molecule has 1 aromatic carbocycles. The summed E-state index contributed by atoms with van der Waals surface area (Å²) in [6, 6.07) is 5.86. The van der Waals surface area contributed by atoms with Crippen LogP contribution in [0.3, 0.4) is 0 Å². The van der Waals surface area contributed by atoms with Crippen LogP contribution in [-0.2, 0) is 0 Å². The van der Waals surface area contributed by atoms with Crippen LogP contribution < -0.4 is 5.32 Å². The Hall–Kier alpha value is -1.05. The third-order valence-corrected chi connectivity index (χ3v) is 4.73. The van der Waals surface area contributed by atoms with Gasteiger partial charge in [0.15, 0.2) is 0 Å². The normalized spacial score (nSPS) is 19.5. The van der Waals surface area contributed by atoms with E-state index in [1.807, 2.05) is 13.0 Å². The van der Waals surface area contributed by atoms with Gasteiger partial charge in [0.2, 0.25) is 0 Å². The third kappa shape index (κ3) is 5.68. The molecule has 0 spiro atoms. The van der Waals surface area contributed by atoms with Crippen molar-refractivity contribution in [3.05, 3.63) is 29.6 Å². The fourth-order valence-electron chi connectivity index (χ4n) is 3.29. The monoisotopic (exact) mass is 291 g/mol. The lowest BCUT2D eigenvalue weighted by atomic mass is 9.97. The van der Waals surface area contributed by atoms with E-state index in [1.165, 1.54) is 70.6 Å². The van der Waals surface area contributed by atoms with E-state index in [2.05, 4.69) is 5.32 Å². The van der Waals surface area contributed by atoms with Crippen molar-refractivity contribution in [1.82, 2.24) is 0 Å². The van der Waals surface area contributed by atoms with Crippen LogP contribution >= 0.6 is 0 Å². The molecule has 1 nitrogen and oxygen atoms in total. The van der Waals surface area contributed by atoms with Gasteiger partial charge in [-0.2, -0.15) is 0 Å². The van der Waals surface area contributed by atoms with Gasteiger partial charge in [0.1, 0.15) is 5.82 Å². The first-order valence-corrected chi connectivity index (χ1v) is 8.79. The van der Waals surface area contributed by atoms with Gasteiger partial charge in [-0.05, 0) is 31.9 Å². The summed E-state index contributed by atoms with van der Waals surface area (Å²) in [6.45, 7) is 1.87. The predicted molar refractivity (Wildman–Crippen MR) is 89.3 cm³/mol. The molecule has 1 N–H and O–H groups in total. The average molecular weight is 291 g/mol. The first-order chi connectivity index (χ1) is 10.3. The molecular formula is C19H30FN.